The van der Waals surface area contributed by atoms with Crippen molar-refractivity contribution in [3.63, 3.8) is 0 Å². The number of carbonyl (C=O) groups is 3. The molecule has 0 radical (unpaired) electrons. The fourth-order valence-corrected chi connectivity index (χ4v) is 7.04. The van der Waals surface area contributed by atoms with E-state index in [4.69, 9.17) is 10.5 Å². The summed E-state index contributed by atoms with van der Waals surface area (Å²) in [6.07, 6.45) is 0.159. The molecule has 0 unspecified atom stereocenters. The SMILES string of the molecule is COc1ccc(-c2ccc(O)c3c2C[C@H]2C[C@H]4[C@H](N(C)C)C(=O)C(C(N)=O)=C(O)[C@@]4(O)C(N=O)=C2C3=O)cc1CN(C)C. The molecule has 5 rings (SSSR count). The number of aliphatic hydroxyl groups is 2. The van der Waals surface area contributed by atoms with Crippen LogP contribution in [0.3, 0.4) is 0 Å². The largest absolute Gasteiger partial charge is 0.508 e. The van der Waals surface area contributed by atoms with Gasteiger partial charge in [0.1, 0.15) is 28.5 Å². The van der Waals surface area contributed by atoms with E-state index in [2.05, 4.69) is 5.18 Å². The maximum Gasteiger partial charge on any atom is 0.255 e. The standard InChI is InChI=1S/C31H34N4O8/c1-34(2)13-16-10-14(6-9-21(16)43-5)17-7-8-20(36)23-18(17)11-15-12-19-25(35(3)4)27(38)24(30(32)40)29(39)31(19,41)28(33-42)22(15)26(23)37/h6-10,15,19,25,36,39,41H,11-13H2,1-5H3,(H2,32,40)/t15-,19-,25-,31-/m0/s1. The van der Waals surface area contributed by atoms with Gasteiger partial charge >= 0.3 is 0 Å². The van der Waals surface area contributed by atoms with Crippen LogP contribution in [0.2, 0.25) is 0 Å². The van der Waals surface area contributed by atoms with E-state index in [1.54, 1.807) is 27.3 Å². The Kier molecular flexibility index (Phi) is 7.49. The van der Waals surface area contributed by atoms with Gasteiger partial charge < -0.3 is 30.7 Å². The van der Waals surface area contributed by atoms with Crippen LogP contribution in [0.4, 0.5) is 0 Å². The summed E-state index contributed by atoms with van der Waals surface area (Å²) in [5, 5.41) is 37.0. The summed E-state index contributed by atoms with van der Waals surface area (Å²) in [5.74, 6) is -5.38. The summed E-state index contributed by atoms with van der Waals surface area (Å²) < 4.78 is 5.53. The summed E-state index contributed by atoms with van der Waals surface area (Å²) in [5.41, 5.74) is 3.92. The zero-order valence-electron chi connectivity index (χ0n) is 24.5. The van der Waals surface area contributed by atoms with E-state index in [0.29, 0.717) is 23.4 Å². The molecule has 0 heterocycles. The normalized spacial score (nSPS) is 25.1. The van der Waals surface area contributed by atoms with Gasteiger partial charge in [-0.15, -0.1) is 4.91 Å². The smallest absolute Gasteiger partial charge is 0.255 e. The Labute approximate surface area is 248 Å². The van der Waals surface area contributed by atoms with Crippen LogP contribution in [0.25, 0.3) is 11.1 Å². The zero-order chi connectivity index (χ0) is 31.5. The number of hydrogen-bond acceptors (Lipinski definition) is 11. The number of allylic oxidation sites excluding steroid dienone is 1. The molecule has 12 heteroatoms. The number of rotatable bonds is 7. The number of ketones is 2. The molecule has 0 saturated carbocycles. The number of likely N-dealkylation sites (N-methyl/N-ethyl adjacent to an activating group) is 1. The molecular weight excluding hydrogens is 556 g/mol. The fourth-order valence-electron chi connectivity index (χ4n) is 7.04. The second kappa shape index (κ2) is 10.7. The Hall–Kier alpha value is -4.39. The predicted molar refractivity (Wildman–Crippen MR) is 156 cm³/mol. The van der Waals surface area contributed by atoms with Gasteiger partial charge in [-0.05, 0) is 87.0 Å². The molecule has 3 aliphatic carbocycles. The summed E-state index contributed by atoms with van der Waals surface area (Å²) >= 11 is 0. The lowest BCUT2D eigenvalue weighted by molar-refractivity contribution is -0.134. The summed E-state index contributed by atoms with van der Waals surface area (Å²) in [4.78, 5) is 55.6. The molecule has 2 aromatic carbocycles. The van der Waals surface area contributed by atoms with Crippen molar-refractivity contribution in [3.05, 3.63) is 74.5 Å². The van der Waals surface area contributed by atoms with Gasteiger partial charge in [0.15, 0.2) is 17.2 Å². The van der Waals surface area contributed by atoms with Crippen molar-refractivity contribution in [2.75, 3.05) is 35.3 Å². The van der Waals surface area contributed by atoms with Crippen molar-refractivity contribution in [2.24, 2.45) is 22.7 Å². The number of phenolic OH excluding ortho intramolecular Hbond substituents is 1. The summed E-state index contributed by atoms with van der Waals surface area (Å²) in [7, 11) is 8.57. The highest BCUT2D eigenvalue weighted by Gasteiger charge is 2.62. The highest BCUT2D eigenvalue weighted by Crippen LogP contribution is 2.54. The minimum absolute atomic E-state index is 0.00961. The number of hydrogen-bond donors (Lipinski definition) is 4. The first kappa shape index (κ1) is 30.1. The van der Waals surface area contributed by atoms with E-state index in [9.17, 15) is 34.6 Å². The van der Waals surface area contributed by atoms with Crippen molar-refractivity contribution in [1.82, 2.24) is 9.80 Å². The average Bonchev–Trinajstić information content (AvgIpc) is 2.92. The number of phenols is 1. The number of amides is 1. The quantitative estimate of drug-likeness (QED) is 0.275. The number of carbonyl (C=O) groups excluding carboxylic acids is 3. The Bertz CT molecular complexity index is 1640. The van der Waals surface area contributed by atoms with Crippen LogP contribution in [0, 0.1) is 16.7 Å². The van der Waals surface area contributed by atoms with Crippen molar-refractivity contribution in [3.8, 4) is 22.6 Å². The molecule has 226 valence electrons. The van der Waals surface area contributed by atoms with Gasteiger partial charge in [-0.25, -0.2) is 0 Å². The molecule has 0 saturated heterocycles. The van der Waals surface area contributed by atoms with E-state index < -0.39 is 58.0 Å². The van der Waals surface area contributed by atoms with Crippen LogP contribution in [0.15, 0.2) is 58.1 Å². The van der Waals surface area contributed by atoms with E-state index >= 15 is 0 Å². The minimum atomic E-state index is -2.63. The van der Waals surface area contributed by atoms with Crippen LogP contribution in [-0.2, 0) is 22.6 Å². The lowest BCUT2D eigenvalue weighted by atomic mass is 9.58. The van der Waals surface area contributed by atoms with E-state index in [1.165, 1.54) is 11.0 Å². The number of nitroso groups, excluding NO2 is 1. The Balaban J connectivity index is 1.74. The van der Waals surface area contributed by atoms with Gasteiger partial charge in [0, 0.05) is 23.6 Å². The van der Waals surface area contributed by atoms with Gasteiger partial charge in [-0.1, -0.05) is 12.1 Å². The Morgan fingerprint density at radius 1 is 1.14 bits per heavy atom. The molecule has 0 aromatic heterocycles. The third-order valence-electron chi connectivity index (χ3n) is 8.78. The summed E-state index contributed by atoms with van der Waals surface area (Å²) in [6.45, 7) is 0.588. The number of aliphatic hydroxyl groups excluding tert-OH is 1. The number of Topliss-reactive ketones (excluding diaryl/α,β-unsaturated/α-hetero) is 2. The van der Waals surface area contributed by atoms with E-state index in [0.717, 1.165) is 11.1 Å². The van der Waals surface area contributed by atoms with Crippen molar-refractivity contribution >= 4 is 17.5 Å². The minimum Gasteiger partial charge on any atom is -0.508 e. The first-order valence-corrected chi connectivity index (χ1v) is 13.7. The van der Waals surface area contributed by atoms with Gasteiger partial charge in [-0.3, -0.25) is 19.3 Å². The van der Waals surface area contributed by atoms with Crippen molar-refractivity contribution < 1.29 is 34.4 Å². The maximum atomic E-state index is 14.1. The van der Waals surface area contributed by atoms with E-state index in [1.807, 2.05) is 37.2 Å². The molecule has 4 atom stereocenters. The molecule has 5 N–H and O–H groups in total. The Morgan fingerprint density at radius 3 is 2.42 bits per heavy atom. The number of methoxy groups -OCH3 is 1. The molecular formula is C31H34N4O8. The lowest BCUT2D eigenvalue weighted by Crippen LogP contribution is -2.62. The molecule has 0 fully saturated rings. The van der Waals surface area contributed by atoms with E-state index in [-0.39, 0.29) is 29.7 Å². The van der Waals surface area contributed by atoms with Gasteiger partial charge in [0.25, 0.3) is 5.91 Å². The number of nitrogens with zero attached hydrogens (tertiary/aromatic N) is 3. The number of fused-ring (bicyclic) bond motifs is 3. The number of aromatic hydroxyl groups is 1. The molecule has 0 aliphatic heterocycles. The van der Waals surface area contributed by atoms with Crippen molar-refractivity contribution in [2.45, 2.75) is 31.0 Å². The molecule has 3 aliphatic rings. The van der Waals surface area contributed by atoms with Gasteiger partial charge in [0.05, 0.1) is 18.7 Å². The fraction of sp³-hybridized carbons (Fsp3) is 0.387. The first-order valence-electron chi connectivity index (χ1n) is 13.7. The van der Waals surface area contributed by atoms with Crippen LogP contribution in [-0.4, -0.2) is 89.5 Å². The predicted octanol–water partition coefficient (Wildman–Crippen LogP) is 2.07. The van der Waals surface area contributed by atoms with Crippen LogP contribution < -0.4 is 10.5 Å². The highest BCUT2D eigenvalue weighted by molar-refractivity contribution is 6.22. The number of benzene rings is 2. The molecule has 12 nitrogen and oxygen atoms in total. The topological polar surface area (TPSA) is 183 Å². The number of primary amides is 1. The van der Waals surface area contributed by atoms with Gasteiger partial charge in [-0.2, -0.15) is 0 Å². The van der Waals surface area contributed by atoms with Crippen LogP contribution >= 0.6 is 0 Å². The second-order valence-corrected chi connectivity index (χ2v) is 11.8. The number of nitrogens with two attached hydrogens (primary N) is 1. The maximum absolute atomic E-state index is 14.1. The molecule has 0 bridgehead atoms. The summed E-state index contributed by atoms with van der Waals surface area (Å²) in [6, 6.07) is 7.59. The molecule has 0 spiro atoms. The monoisotopic (exact) mass is 590 g/mol. The average molecular weight is 591 g/mol. The van der Waals surface area contributed by atoms with Crippen LogP contribution in [0.1, 0.15) is 27.9 Å². The van der Waals surface area contributed by atoms with Crippen molar-refractivity contribution in [1.29, 1.82) is 0 Å². The third kappa shape index (κ3) is 4.44. The lowest BCUT2D eigenvalue weighted by Gasteiger charge is -2.50. The molecule has 1 amide bonds. The number of ether oxygens (including phenoxy) is 1. The van der Waals surface area contributed by atoms with Gasteiger partial charge in [0.2, 0.25) is 0 Å². The molecule has 2 aromatic rings. The first-order chi connectivity index (χ1) is 20.3. The van der Waals surface area contributed by atoms with Crippen LogP contribution in [0.5, 0.6) is 11.5 Å². The zero-order valence-corrected chi connectivity index (χ0v) is 24.5. The second-order valence-electron chi connectivity index (χ2n) is 11.8. The third-order valence-corrected chi connectivity index (χ3v) is 8.78. The highest BCUT2D eigenvalue weighted by atomic mass is 16.5. The Morgan fingerprint density at radius 2 is 1.84 bits per heavy atom. The molecule has 43 heavy (non-hydrogen) atoms.